The number of rotatable bonds is 9. The average molecular weight is 362 g/mol. The van der Waals surface area contributed by atoms with E-state index in [1.54, 1.807) is 4.90 Å². The normalized spacial score (nSPS) is 18.0. The maximum Gasteiger partial charge on any atom is 0.328 e. The number of aryl methyl sites for hydroxylation is 1. The van der Waals surface area contributed by atoms with E-state index in [-0.39, 0.29) is 25.5 Å². The first kappa shape index (κ1) is 19.9. The molecular weight excluding hydrogens is 336 g/mol. The summed E-state index contributed by atoms with van der Waals surface area (Å²) in [5.41, 5.74) is 1.98. The lowest BCUT2D eigenvalue weighted by Crippen LogP contribution is -2.46. The summed E-state index contributed by atoms with van der Waals surface area (Å²) in [6, 6.07) is 6.69. The van der Waals surface area contributed by atoms with Crippen LogP contribution in [0.4, 0.5) is 5.69 Å². The zero-order valence-electron chi connectivity index (χ0n) is 15.2. The van der Waals surface area contributed by atoms with Crippen molar-refractivity contribution < 1.29 is 24.2 Å². The van der Waals surface area contributed by atoms with Gasteiger partial charge in [-0.25, -0.2) is 4.79 Å². The van der Waals surface area contributed by atoms with Gasteiger partial charge in [0.05, 0.1) is 12.5 Å². The van der Waals surface area contributed by atoms with E-state index in [1.165, 1.54) is 12.7 Å². The van der Waals surface area contributed by atoms with Gasteiger partial charge in [0.15, 0.2) is 6.04 Å². The first-order valence-corrected chi connectivity index (χ1v) is 8.87. The molecule has 7 nitrogen and oxygen atoms in total. The van der Waals surface area contributed by atoms with Crippen LogP contribution in [-0.2, 0) is 25.5 Å². The molecule has 7 heteroatoms. The first-order valence-electron chi connectivity index (χ1n) is 8.87. The number of carbonyl (C=O) groups is 3. The van der Waals surface area contributed by atoms with Crippen LogP contribution in [-0.4, -0.2) is 49.2 Å². The maximum absolute atomic E-state index is 12.3. The molecule has 1 saturated heterocycles. The molecule has 0 bridgehead atoms. The minimum absolute atomic E-state index is 0.0722. The van der Waals surface area contributed by atoms with Crippen LogP contribution in [0.25, 0.3) is 0 Å². The molecule has 26 heavy (non-hydrogen) atoms. The molecule has 1 aromatic carbocycles. The highest BCUT2D eigenvalue weighted by atomic mass is 16.5. The highest BCUT2D eigenvalue weighted by Gasteiger charge is 2.36. The standard InChI is InChI=1S/C19H26N2O5/c1-3-4-5-13-6-8-15(9-7-13)21-11-14(10-17(21)22)18(23)20-16(12-26-2)19(24)25/h6-9,14,16H,3-5,10-12H2,1-2H3,(H,20,23)(H,24,25). The van der Waals surface area contributed by atoms with Crippen LogP contribution in [0.3, 0.4) is 0 Å². The van der Waals surface area contributed by atoms with Crippen LogP contribution >= 0.6 is 0 Å². The summed E-state index contributed by atoms with van der Waals surface area (Å²) in [6.07, 6.45) is 3.33. The van der Waals surface area contributed by atoms with Crippen molar-refractivity contribution in [3.63, 3.8) is 0 Å². The summed E-state index contributed by atoms with van der Waals surface area (Å²) in [5, 5.41) is 11.5. The molecule has 1 aliphatic heterocycles. The third-order valence-electron chi connectivity index (χ3n) is 4.51. The van der Waals surface area contributed by atoms with E-state index < -0.39 is 23.8 Å². The molecule has 2 unspecified atom stereocenters. The van der Waals surface area contributed by atoms with Gasteiger partial charge in [-0.2, -0.15) is 0 Å². The fraction of sp³-hybridized carbons (Fsp3) is 0.526. The van der Waals surface area contributed by atoms with Crippen molar-refractivity contribution in [2.24, 2.45) is 5.92 Å². The van der Waals surface area contributed by atoms with Crippen LogP contribution in [0.2, 0.25) is 0 Å². The summed E-state index contributed by atoms with van der Waals surface area (Å²) < 4.78 is 4.81. The number of carboxylic acid groups (broad SMARTS) is 1. The van der Waals surface area contributed by atoms with E-state index in [0.29, 0.717) is 0 Å². The van der Waals surface area contributed by atoms with Gasteiger partial charge in [0.1, 0.15) is 0 Å². The number of hydrogen-bond acceptors (Lipinski definition) is 4. The van der Waals surface area contributed by atoms with Crippen LogP contribution in [0.1, 0.15) is 31.7 Å². The molecule has 1 heterocycles. The molecule has 2 N–H and O–H groups in total. The van der Waals surface area contributed by atoms with Crippen LogP contribution in [0.5, 0.6) is 0 Å². The lowest BCUT2D eigenvalue weighted by molar-refractivity contribution is -0.143. The number of methoxy groups -OCH3 is 1. The number of benzene rings is 1. The average Bonchev–Trinajstić information content (AvgIpc) is 3.01. The Hall–Kier alpha value is -2.41. The molecule has 142 valence electrons. The summed E-state index contributed by atoms with van der Waals surface area (Å²) in [6.45, 7) is 2.27. The van der Waals surface area contributed by atoms with Gasteiger partial charge < -0.3 is 20.1 Å². The SMILES string of the molecule is CCCCc1ccc(N2CC(C(=O)NC(COC)C(=O)O)CC2=O)cc1. The topological polar surface area (TPSA) is 95.9 Å². The molecule has 2 atom stereocenters. The second kappa shape index (κ2) is 9.33. The monoisotopic (exact) mass is 362 g/mol. The van der Waals surface area contributed by atoms with E-state index in [2.05, 4.69) is 12.2 Å². The van der Waals surface area contributed by atoms with Gasteiger partial charge in [0, 0.05) is 25.8 Å². The second-order valence-corrected chi connectivity index (χ2v) is 6.53. The minimum Gasteiger partial charge on any atom is -0.480 e. The molecule has 0 spiro atoms. The first-order chi connectivity index (χ1) is 12.5. The van der Waals surface area contributed by atoms with Gasteiger partial charge in [-0.05, 0) is 30.5 Å². The molecule has 1 aromatic rings. The Morgan fingerprint density at radius 2 is 2.04 bits per heavy atom. The molecule has 0 aromatic heterocycles. The largest absolute Gasteiger partial charge is 0.480 e. The number of nitrogens with zero attached hydrogens (tertiary/aromatic N) is 1. The predicted molar refractivity (Wildman–Crippen MR) is 97.0 cm³/mol. The molecule has 2 rings (SSSR count). The Balaban J connectivity index is 1.99. The van der Waals surface area contributed by atoms with E-state index in [9.17, 15) is 14.4 Å². The smallest absolute Gasteiger partial charge is 0.328 e. The van der Waals surface area contributed by atoms with Crippen molar-refractivity contribution >= 4 is 23.5 Å². The highest BCUT2D eigenvalue weighted by Crippen LogP contribution is 2.26. The Kier molecular flexibility index (Phi) is 7.15. The third kappa shape index (κ3) is 5.05. The van der Waals surface area contributed by atoms with Crippen LogP contribution in [0, 0.1) is 5.92 Å². The number of anilines is 1. The lowest BCUT2D eigenvalue weighted by atomic mass is 10.1. The lowest BCUT2D eigenvalue weighted by Gasteiger charge is -2.18. The van der Waals surface area contributed by atoms with Crippen molar-refractivity contribution in [3.8, 4) is 0 Å². The Labute approximate surface area is 153 Å². The van der Waals surface area contributed by atoms with E-state index in [4.69, 9.17) is 9.84 Å². The van der Waals surface area contributed by atoms with Gasteiger partial charge in [0.2, 0.25) is 11.8 Å². The number of carbonyl (C=O) groups excluding carboxylic acids is 2. The molecule has 0 radical (unpaired) electrons. The summed E-state index contributed by atoms with van der Waals surface area (Å²) in [5.74, 6) is -2.31. The predicted octanol–water partition coefficient (Wildman–Crippen LogP) is 1.60. The van der Waals surface area contributed by atoms with E-state index >= 15 is 0 Å². The fourth-order valence-electron chi connectivity index (χ4n) is 2.99. The third-order valence-corrected chi connectivity index (χ3v) is 4.51. The number of nitrogens with one attached hydrogen (secondary N) is 1. The van der Waals surface area contributed by atoms with Crippen LogP contribution in [0.15, 0.2) is 24.3 Å². The van der Waals surface area contributed by atoms with Crippen molar-refractivity contribution in [1.29, 1.82) is 0 Å². The van der Waals surface area contributed by atoms with Crippen LogP contribution < -0.4 is 10.2 Å². The highest BCUT2D eigenvalue weighted by molar-refractivity contribution is 6.00. The molecule has 1 aliphatic rings. The molecule has 0 saturated carbocycles. The fourth-order valence-corrected chi connectivity index (χ4v) is 2.99. The van der Waals surface area contributed by atoms with Gasteiger partial charge in [-0.15, -0.1) is 0 Å². The van der Waals surface area contributed by atoms with Gasteiger partial charge >= 0.3 is 5.97 Å². The maximum atomic E-state index is 12.3. The number of unbranched alkanes of at least 4 members (excludes halogenated alkanes) is 1. The van der Waals surface area contributed by atoms with Crippen molar-refractivity contribution in [2.75, 3.05) is 25.2 Å². The van der Waals surface area contributed by atoms with Crippen molar-refractivity contribution in [2.45, 2.75) is 38.6 Å². The van der Waals surface area contributed by atoms with Gasteiger partial charge in [-0.1, -0.05) is 25.5 Å². The van der Waals surface area contributed by atoms with E-state index in [1.807, 2.05) is 24.3 Å². The molecule has 0 aliphatic carbocycles. The Morgan fingerprint density at radius 3 is 2.62 bits per heavy atom. The number of ether oxygens (including phenoxy) is 1. The quantitative estimate of drug-likeness (QED) is 0.696. The summed E-state index contributed by atoms with van der Waals surface area (Å²) in [7, 11) is 1.37. The van der Waals surface area contributed by atoms with E-state index in [0.717, 1.165) is 24.9 Å². The molecular formula is C19H26N2O5. The number of aliphatic carboxylic acids is 1. The number of carboxylic acids is 1. The minimum atomic E-state index is -1.16. The van der Waals surface area contributed by atoms with Crippen molar-refractivity contribution in [1.82, 2.24) is 5.32 Å². The zero-order valence-corrected chi connectivity index (χ0v) is 15.2. The van der Waals surface area contributed by atoms with Gasteiger partial charge in [-0.3, -0.25) is 9.59 Å². The number of amides is 2. The second-order valence-electron chi connectivity index (χ2n) is 6.53. The van der Waals surface area contributed by atoms with Gasteiger partial charge in [0.25, 0.3) is 0 Å². The summed E-state index contributed by atoms with van der Waals surface area (Å²) in [4.78, 5) is 37.3. The Morgan fingerprint density at radius 1 is 1.35 bits per heavy atom. The Bertz CT molecular complexity index is 644. The summed E-state index contributed by atoms with van der Waals surface area (Å²) >= 11 is 0. The zero-order chi connectivity index (χ0) is 19.1. The number of hydrogen-bond donors (Lipinski definition) is 2. The molecule has 2 amide bonds. The molecule has 1 fully saturated rings. The van der Waals surface area contributed by atoms with Crippen molar-refractivity contribution in [3.05, 3.63) is 29.8 Å².